The van der Waals surface area contributed by atoms with Crippen molar-refractivity contribution in [3.8, 4) is 5.88 Å². The maximum atomic E-state index is 12.6. The predicted molar refractivity (Wildman–Crippen MR) is 114 cm³/mol. The zero-order valence-electron chi connectivity index (χ0n) is 15.5. The Hall–Kier alpha value is -1.63. The zero-order chi connectivity index (χ0) is 19.7. The predicted octanol–water partition coefficient (Wildman–Crippen LogP) is 4.22. The fraction of sp³-hybridized carbons (Fsp3) is 0.471. The molecule has 0 amide bonds. The van der Waals surface area contributed by atoms with Crippen molar-refractivity contribution in [2.24, 2.45) is 4.99 Å². The summed E-state index contributed by atoms with van der Waals surface area (Å²) in [5.41, 5.74) is -0.0124. The van der Waals surface area contributed by atoms with Crippen molar-refractivity contribution in [1.29, 1.82) is 0 Å². The molecule has 6 nitrogen and oxygen atoms in total. The van der Waals surface area contributed by atoms with Crippen LogP contribution in [0.4, 0.5) is 13.2 Å². The standard InChI is InChI=1S/C17H22F3N5OS.HI/c1-3-4-8-26-15-12(6-5-7-22-15)9-23-16(21-2)24-10-14-25-13(11-27-14)17(18,19)20;/h5-7,11H,3-4,8-10H2,1-2H3,(H2,21,23,24);1H. The Bertz CT molecular complexity index is 754. The van der Waals surface area contributed by atoms with Crippen LogP contribution in [0.5, 0.6) is 5.88 Å². The molecule has 0 fully saturated rings. The number of hydrogen-bond donors (Lipinski definition) is 2. The van der Waals surface area contributed by atoms with E-state index >= 15 is 0 Å². The molecule has 0 saturated heterocycles. The number of pyridine rings is 1. The number of nitrogens with zero attached hydrogens (tertiary/aromatic N) is 3. The first-order valence-electron chi connectivity index (χ1n) is 8.46. The van der Waals surface area contributed by atoms with E-state index in [0.717, 1.165) is 35.1 Å². The summed E-state index contributed by atoms with van der Waals surface area (Å²) < 4.78 is 43.5. The van der Waals surface area contributed by atoms with Crippen molar-refractivity contribution < 1.29 is 17.9 Å². The number of nitrogens with one attached hydrogen (secondary N) is 2. The van der Waals surface area contributed by atoms with Gasteiger partial charge in [-0.05, 0) is 12.5 Å². The van der Waals surface area contributed by atoms with Gasteiger partial charge >= 0.3 is 6.18 Å². The topological polar surface area (TPSA) is 71.4 Å². The molecule has 0 atom stereocenters. The SMILES string of the molecule is CCCCOc1ncccc1CNC(=NC)NCc1nc(C(F)(F)F)cs1.I. The van der Waals surface area contributed by atoms with Crippen LogP contribution in [0.25, 0.3) is 0 Å². The Morgan fingerprint density at radius 3 is 2.68 bits per heavy atom. The van der Waals surface area contributed by atoms with Crippen molar-refractivity contribution in [3.05, 3.63) is 40.0 Å². The smallest absolute Gasteiger partial charge is 0.434 e. The second-order valence-corrected chi connectivity index (χ2v) is 6.52. The van der Waals surface area contributed by atoms with Crippen molar-refractivity contribution in [2.45, 2.75) is 39.0 Å². The van der Waals surface area contributed by atoms with Crippen molar-refractivity contribution in [2.75, 3.05) is 13.7 Å². The number of ether oxygens (including phenoxy) is 1. The van der Waals surface area contributed by atoms with Crippen LogP contribution in [0.1, 0.15) is 36.0 Å². The van der Waals surface area contributed by atoms with Crippen LogP contribution in [-0.4, -0.2) is 29.6 Å². The second kappa shape index (κ2) is 12.0. The molecule has 2 rings (SSSR count). The Morgan fingerprint density at radius 1 is 1.29 bits per heavy atom. The summed E-state index contributed by atoms with van der Waals surface area (Å²) in [6, 6.07) is 3.71. The van der Waals surface area contributed by atoms with Crippen LogP contribution < -0.4 is 15.4 Å². The van der Waals surface area contributed by atoms with Gasteiger partial charge in [-0.15, -0.1) is 35.3 Å². The number of rotatable bonds is 8. The third-order valence-electron chi connectivity index (χ3n) is 3.51. The molecule has 0 aliphatic rings. The number of aromatic nitrogens is 2. The minimum absolute atomic E-state index is 0. The number of halogens is 4. The maximum absolute atomic E-state index is 12.6. The fourth-order valence-electron chi connectivity index (χ4n) is 2.08. The third-order valence-corrected chi connectivity index (χ3v) is 4.35. The summed E-state index contributed by atoms with van der Waals surface area (Å²) >= 11 is 0.951. The highest BCUT2D eigenvalue weighted by Crippen LogP contribution is 2.29. The van der Waals surface area contributed by atoms with Gasteiger partial charge in [-0.25, -0.2) is 9.97 Å². The molecule has 0 aliphatic heterocycles. The molecule has 0 radical (unpaired) electrons. The lowest BCUT2D eigenvalue weighted by Crippen LogP contribution is -2.36. The summed E-state index contributed by atoms with van der Waals surface area (Å²) in [5, 5.41) is 7.38. The molecule has 11 heteroatoms. The quantitative estimate of drug-likeness (QED) is 0.232. The molecule has 0 aromatic carbocycles. The lowest BCUT2D eigenvalue weighted by atomic mass is 10.2. The Morgan fingerprint density at radius 2 is 2.04 bits per heavy atom. The normalized spacial score (nSPS) is 11.7. The van der Waals surface area contributed by atoms with Crippen LogP contribution in [0, 0.1) is 0 Å². The third kappa shape index (κ3) is 7.78. The minimum atomic E-state index is -4.43. The number of guanidine groups is 1. The van der Waals surface area contributed by atoms with Gasteiger partial charge in [0.15, 0.2) is 11.7 Å². The Kier molecular flexibility index (Phi) is 10.5. The van der Waals surface area contributed by atoms with Crippen molar-refractivity contribution in [1.82, 2.24) is 20.6 Å². The second-order valence-electron chi connectivity index (χ2n) is 5.57. The van der Waals surface area contributed by atoms with Gasteiger partial charge in [0, 0.05) is 30.7 Å². The molecule has 2 heterocycles. The van der Waals surface area contributed by atoms with E-state index < -0.39 is 11.9 Å². The number of alkyl halides is 3. The molecule has 0 bridgehead atoms. The van der Waals surface area contributed by atoms with Crippen LogP contribution >= 0.6 is 35.3 Å². The van der Waals surface area contributed by atoms with Crippen molar-refractivity contribution in [3.63, 3.8) is 0 Å². The molecular weight excluding hydrogens is 506 g/mol. The molecule has 0 unspecified atom stereocenters. The molecule has 0 spiro atoms. The first-order valence-corrected chi connectivity index (χ1v) is 9.34. The molecule has 2 aromatic heterocycles. The molecule has 0 saturated carbocycles. The van der Waals surface area contributed by atoms with E-state index in [1.54, 1.807) is 13.2 Å². The van der Waals surface area contributed by atoms with Crippen LogP contribution in [0.15, 0.2) is 28.7 Å². The average Bonchev–Trinajstić information content (AvgIpc) is 3.12. The van der Waals surface area contributed by atoms with E-state index in [9.17, 15) is 13.2 Å². The van der Waals surface area contributed by atoms with E-state index in [1.165, 1.54) is 0 Å². The lowest BCUT2D eigenvalue weighted by molar-refractivity contribution is -0.140. The highest BCUT2D eigenvalue weighted by atomic mass is 127. The Balaban J connectivity index is 0.00000392. The molecule has 2 N–H and O–H groups in total. The van der Waals surface area contributed by atoms with Crippen LogP contribution in [-0.2, 0) is 19.3 Å². The molecule has 0 aliphatic carbocycles. The minimum Gasteiger partial charge on any atom is -0.477 e. The fourth-order valence-corrected chi connectivity index (χ4v) is 2.82. The van der Waals surface area contributed by atoms with Gasteiger partial charge in [-0.3, -0.25) is 4.99 Å². The van der Waals surface area contributed by atoms with E-state index in [1.807, 2.05) is 12.1 Å². The van der Waals surface area contributed by atoms with Gasteiger partial charge in [-0.2, -0.15) is 13.2 Å². The number of thiazole rings is 1. The van der Waals surface area contributed by atoms with Gasteiger partial charge in [0.25, 0.3) is 0 Å². The van der Waals surface area contributed by atoms with Crippen LogP contribution in [0.3, 0.4) is 0 Å². The summed E-state index contributed by atoms with van der Waals surface area (Å²) in [4.78, 5) is 11.9. The summed E-state index contributed by atoms with van der Waals surface area (Å²) in [5.74, 6) is 1.01. The van der Waals surface area contributed by atoms with Crippen molar-refractivity contribution >= 4 is 41.3 Å². The zero-order valence-corrected chi connectivity index (χ0v) is 18.7. The number of hydrogen-bond acceptors (Lipinski definition) is 5. The lowest BCUT2D eigenvalue weighted by Gasteiger charge is -2.13. The summed E-state index contributed by atoms with van der Waals surface area (Å²) in [6.45, 7) is 3.24. The van der Waals surface area contributed by atoms with Crippen LogP contribution in [0.2, 0.25) is 0 Å². The Labute approximate surface area is 183 Å². The van der Waals surface area contributed by atoms with Gasteiger partial charge in [0.2, 0.25) is 5.88 Å². The number of aliphatic imine (C=N–C) groups is 1. The van der Waals surface area contributed by atoms with Gasteiger partial charge < -0.3 is 15.4 Å². The number of unbranched alkanes of at least 4 members (excludes halogenated alkanes) is 1. The molecule has 2 aromatic rings. The summed E-state index contributed by atoms with van der Waals surface area (Å²) in [7, 11) is 1.58. The maximum Gasteiger partial charge on any atom is 0.434 e. The highest BCUT2D eigenvalue weighted by Gasteiger charge is 2.33. The molecular formula is C17H23F3IN5OS. The molecule has 28 heavy (non-hydrogen) atoms. The van der Waals surface area contributed by atoms with E-state index in [0.29, 0.717) is 30.0 Å². The van der Waals surface area contributed by atoms with Gasteiger partial charge in [0.05, 0.1) is 13.2 Å². The molecule has 156 valence electrons. The monoisotopic (exact) mass is 529 g/mol. The largest absolute Gasteiger partial charge is 0.477 e. The van der Waals surface area contributed by atoms with Gasteiger partial charge in [-0.1, -0.05) is 19.4 Å². The first-order chi connectivity index (χ1) is 12.9. The van der Waals surface area contributed by atoms with E-state index in [-0.39, 0.29) is 30.5 Å². The van der Waals surface area contributed by atoms with E-state index in [2.05, 4.69) is 32.5 Å². The van der Waals surface area contributed by atoms with E-state index in [4.69, 9.17) is 4.74 Å². The average molecular weight is 529 g/mol. The first kappa shape index (κ1) is 24.4. The van der Waals surface area contributed by atoms with Gasteiger partial charge in [0.1, 0.15) is 5.01 Å². The summed E-state index contributed by atoms with van der Waals surface area (Å²) in [6.07, 6.45) is -0.786. The highest BCUT2D eigenvalue weighted by molar-refractivity contribution is 14.0.